The lowest BCUT2D eigenvalue weighted by Crippen LogP contribution is -2.10. The van der Waals surface area contributed by atoms with Gasteiger partial charge in [-0.2, -0.15) is 0 Å². The number of esters is 1. The standard InChI is InChI=1S/C9H8BrN5O2/c1-17-9(16)8-12-3-2-6(13-8)15-4-5(10)7(11)14-15/h2-4H,1H3,(H2,11,14). The Bertz CT molecular complexity index is 549. The quantitative estimate of drug-likeness (QED) is 0.824. The summed E-state index contributed by atoms with van der Waals surface area (Å²) >= 11 is 3.23. The molecule has 2 N–H and O–H groups in total. The van der Waals surface area contributed by atoms with Crippen molar-refractivity contribution < 1.29 is 9.53 Å². The third-order valence-electron chi connectivity index (χ3n) is 1.94. The fourth-order valence-electron chi connectivity index (χ4n) is 1.15. The van der Waals surface area contributed by atoms with Gasteiger partial charge in [-0.25, -0.2) is 19.4 Å². The van der Waals surface area contributed by atoms with Gasteiger partial charge >= 0.3 is 5.97 Å². The second-order valence-electron chi connectivity index (χ2n) is 3.04. The molecule has 2 rings (SSSR count). The molecular formula is C9H8BrN5O2. The zero-order chi connectivity index (χ0) is 12.4. The van der Waals surface area contributed by atoms with E-state index in [1.807, 2.05) is 0 Å². The van der Waals surface area contributed by atoms with E-state index >= 15 is 0 Å². The SMILES string of the molecule is COC(=O)c1nccc(-n2cc(Br)c(N)n2)n1. The minimum atomic E-state index is -0.606. The number of nitrogen functional groups attached to an aromatic ring is 1. The highest BCUT2D eigenvalue weighted by Crippen LogP contribution is 2.18. The van der Waals surface area contributed by atoms with Crippen molar-refractivity contribution in [3.63, 3.8) is 0 Å². The first-order valence-electron chi connectivity index (χ1n) is 4.54. The van der Waals surface area contributed by atoms with Crippen molar-refractivity contribution in [3.05, 3.63) is 28.8 Å². The summed E-state index contributed by atoms with van der Waals surface area (Å²) in [6, 6.07) is 1.60. The van der Waals surface area contributed by atoms with Gasteiger partial charge in [0.2, 0.25) is 5.82 Å². The number of nitrogens with two attached hydrogens (primary N) is 1. The third-order valence-corrected chi connectivity index (χ3v) is 2.55. The maximum absolute atomic E-state index is 11.3. The van der Waals surface area contributed by atoms with Crippen molar-refractivity contribution in [2.24, 2.45) is 0 Å². The molecule has 0 spiro atoms. The van der Waals surface area contributed by atoms with Gasteiger partial charge in [-0.1, -0.05) is 0 Å². The molecule has 88 valence electrons. The Balaban J connectivity index is 2.42. The van der Waals surface area contributed by atoms with Crippen LogP contribution in [-0.4, -0.2) is 32.8 Å². The zero-order valence-electron chi connectivity index (χ0n) is 8.79. The molecule has 0 aliphatic heterocycles. The molecule has 0 unspecified atom stereocenters. The molecule has 2 aromatic rings. The molecule has 0 radical (unpaired) electrons. The van der Waals surface area contributed by atoms with Crippen LogP contribution < -0.4 is 5.73 Å². The van der Waals surface area contributed by atoms with Crippen LogP contribution in [0.5, 0.6) is 0 Å². The molecule has 7 nitrogen and oxygen atoms in total. The van der Waals surface area contributed by atoms with Crippen LogP contribution in [-0.2, 0) is 4.74 Å². The number of rotatable bonds is 2. The Labute approximate surface area is 105 Å². The first-order chi connectivity index (χ1) is 8.11. The Hall–Kier alpha value is -1.96. The van der Waals surface area contributed by atoms with E-state index in [1.165, 1.54) is 18.0 Å². The molecule has 17 heavy (non-hydrogen) atoms. The van der Waals surface area contributed by atoms with E-state index in [4.69, 9.17) is 5.73 Å². The molecule has 0 aromatic carbocycles. The van der Waals surface area contributed by atoms with Gasteiger partial charge < -0.3 is 10.5 Å². The molecule has 0 saturated heterocycles. The minimum Gasteiger partial charge on any atom is -0.463 e. The maximum Gasteiger partial charge on any atom is 0.376 e. The number of carbonyl (C=O) groups is 1. The second-order valence-corrected chi connectivity index (χ2v) is 3.89. The first kappa shape index (κ1) is 11.5. The summed E-state index contributed by atoms with van der Waals surface area (Å²) < 4.78 is 6.62. The highest BCUT2D eigenvalue weighted by molar-refractivity contribution is 9.10. The summed E-state index contributed by atoms with van der Waals surface area (Å²) in [5, 5.41) is 4.01. The molecule has 0 saturated carbocycles. The number of carbonyl (C=O) groups excluding carboxylic acids is 1. The normalized spacial score (nSPS) is 10.2. The highest BCUT2D eigenvalue weighted by atomic mass is 79.9. The average molecular weight is 298 g/mol. The van der Waals surface area contributed by atoms with Crippen LogP contribution in [0.3, 0.4) is 0 Å². The molecule has 0 aliphatic carbocycles. The van der Waals surface area contributed by atoms with E-state index in [-0.39, 0.29) is 5.82 Å². The maximum atomic E-state index is 11.3. The van der Waals surface area contributed by atoms with E-state index in [9.17, 15) is 4.79 Å². The lowest BCUT2D eigenvalue weighted by atomic mass is 10.5. The highest BCUT2D eigenvalue weighted by Gasteiger charge is 2.11. The number of hydrogen-bond acceptors (Lipinski definition) is 6. The number of halogens is 1. The lowest BCUT2D eigenvalue weighted by Gasteiger charge is -2.01. The predicted molar refractivity (Wildman–Crippen MR) is 62.6 cm³/mol. The summed E-state index contributed by atoms with van der Waals surface area (Å²) in [6.07, 6.45) is 3.08. The van der Waals surface area contributed by atoms with Crippen molar-refractivity contribution in [2.75, 3.05) is 12.8 Å². The van der Waals surface area contributed by atoms with E-state index in [2.05, 4.69) is 35.7 Å². The number of aromatic nitrogens is 4. The van der Waals surface area contributed by atoms with Gasteiger partial charge in [0.05, 0.1) is 11.6 Å². The number of hydrogen-bond donors (Lipinski definition) is 1. The van der Waals surface area contributed by atoms with Gasteiger partial charge in [0.25, 0.3) is 0 Å². The number of methoxy groups -OCH3 is 1. The van der Waals surface area contributed by atoms with Gasteiger partial charge in [-0.15, -0.1) is 5.10 Å². The summed E-state index contributed by atoms with van der Waals surface area (Å²) in [4.78, 5) is 19.1. The van der Waals surface area contributed by atoms with Crippen LogP contribution in [0, 0.1) is 0 Å². The summed E-state index contributed by atoms with van der Waals surface area (Å²) in [5.74, 6) is 0.127. The molecule has 0 amide bonds. The van der Waals surface area contributed by atoms with Crippen LogP contribution >= 0.6 is 15.9 Å². The molecule has 2 heterocycles. The van der Waals surface area contributed by atoms with Crippen molar-refractivity contribution in [2.45, 2.75) is 0 Å². The summed E-state index contributed by atoms with van der Waals surface area (Å²) in [5.41, 5.74) is 5.59. The van der Waals surface area contributed by atoms with Crippen molar-refractivity contribution in [3.8, 4) is 5.82 Å². The first-order valence-corrected chi connectivity index (χ1v) is 5.33. The minimum absolute atomic E-state index is 0.0322. The largest absolute Gasteiger partial charge is 0.463 e. The van der Waals surface area contributed by atoms with Crippen LogP contribution in [0.4, 0.5) is 5.82 Å². The topological polar surface area (TPSA) is 95.9 Å². The fourth-order valence-corrected chi connectivity index (χ4v) is 1.42. The van der Waals surface area contributed by atoms with E-state index in [1.54, 1.807) is 12.3 Å². The van der Waals surface area contributed by atoms with Gasteiger partial charge in [0, 0.05) is 18.5 Å². The second kappa shape index (κ2) is 4.50. The predicted octanol–water partition coefficient (Wildman–Crippen LogP) is 0.794. The third kappa shape index (κ3) is 2.26. The van der Waals surface area contributed by atoms with Crippen molar-refractivity contribution in [1.82, 2.24) is 19.7 Å². The molecule has 0 bridgehead atoms. The molecule has 8 heteroatoms. The van der Waals surface area contributed by atoms with Gasteiger partial charge in [-0.3, -0.25) is 0 Å². The smallest absolute Gasteiger partial charge is 0.376 e. The van der Waals surface area contributed by atoms with Gasteiger partial charge in [0.1, 0.15) is 0 Å². The zero-order valence-corrected chi connectivity index (χ0v) is 10.4. The molecule has 0 fully saturated rings. The van der Waals surface area contributed by atoms with Crippen LogP contribution in [0.25, 0.3) is 5.82 Å². The van der Waals surface area contributed by atoms with Crippen molar-refractivity contribution >= 4 is 27.7 Å². The van der Waals surface area contributed by atoms with Crippen molar-refractivity contribution in [1.29, 1.82) is 0 Å². The summed E-state index contributed by atoms with van der Waals surface area (Å²) in [7, 11) is 1.26. The fraction of sp³-hybridized carbons (Fsp3) is 0.111. The number of nitrogens with zero attached hydrogens (tertiary/aromatic N) is 4. The average Bonchev–Trinajstić information content (AvgIpc) is 2.69. The molecule has 2 aromatic heterocycles. The van der Waals surface area contributed by atoms with Gasteiger partial charge in [-0.05, 0) is 15.9 Å². The lowest BCUT2D eigenvalue weighted by molar-refractivity contribution is 0.0586. The number of anilines is 1. The van der Waals surface area contributed by atoms with Gasteiger partial charge in [0.15, 0.2) is 11.6 Å². The van der Waals surface area contributed by atoms with E-state index < -0.39 is 5.97 Å². The molecule has 0 aliphatic rings. The Morgan fingerprint density at radius 1 is 1.59 bits per heavy atom. The molecule has 0 atom stereocenters. The van der Waals surface area contributed by atoms with Crippen LogP contribution in [0.15, 0.2) is 22.9 Å². The molecular weight excluding hydrogens is 290 g/mol. The Kier molecular flexibility index (Phi) is 3.05. The monoisotopic (exact) mass is 297 g/mol. The van der Waals surface area contributed by atoms with Crippen LogP contribution in [0.2, 0.25) is 0 Å². The Morgan fingerprint density at radius 3 is 2.94 bits per heavy atom. The van der Waals surface area contributed by atoms with Crippen LogP contribution in [0.1, 0.15) is 10.6 Å². The number of ether oxygens (including phenoxy) is 1. The van der Waals surface area contributed by atoms with E-state index in [0.717, 1.165) is 0 Å². The Morgan fingerprint density at radius 2 is 2.35 bits per heavy atom. The van der Waals surface area contributed by atoms with E-state index in [0.29, 0.717) is 16.1 Å². The summed E-state index contributed by atoms with van der Waals surface area (Å²) in [6.45, 7) is 0.